The molecule has 16 heavy (non-hydrogen) atoms. The van der Waals surface area contributed by atoms with E-state index in [0.29, 0.717) is 16.6 Å². The zero-order valence-corrected chi connectivity index (χ0v) is 11.1. The van der Waals surface area contributed by atoms with Gasteiger partial charge in [0.25, 0.3) is 0 Å². The van der Waals surface area contributed by atoms with Crippen LogP contribution in [0.5, 0.6) is 0 Å². The van der Waals surface area contributed by atoms with Crippen molar-refractivity contribution in [3.63, 3.8) is 0 Å². The van der Waals surface area contributed by atoms with Gasteiger partial charge in [0.15, 0.2) is 5.13 Å². The summed E-state index contributed by atoms with van der Waals surface area (Å²) in [5.41, 5.74) is 0.681. The fourth-order valence-electron chi connectivity index (χ4n) is 1.24. The molecule has 0 amide bonds. The van der Waals surface area contributed by atoms with Crippen LogP contribution in [0.25, 0.3) is 0 Å². The first-order valence-corrected chi connectivity index (χ1v) is 6.13. The van der Waals surface area contributed by atoms with Crippen LogP contribution in [0, 0.1) is 0 Å². The normalized spacial score (nSPS) is 11.2. The van der Waals surface area contributed by atoms with Crippen molar-refractivity contribution in [1.82, 2.24) is 4.98 Å². The number of aromatic nitrogens is 1. The lowest BCUT2D eigenvalue weighted by atomic mass is 10.1. The first-order valence-electron chi connectivity index (χ1n) is 5.31. The smallest absolute Gasteiger partial charge is 0.347 e. The molecule has 1 aromatic heterocycles. The van der Waals surface area contributed by atoms with E-state index in [1.54, 1.807) is 0 Å². The van der Waals surface area contributed by atoms with Gasteiger partial charge in [-0.3, -0.25) is 0 Å². The van der Waals surface area contributed by atoms with Crippen molar-refractivity contribution < 1.29 is 9.90 Å². The summed E-state index contributed by atoms with van der Waals surface area (Å²) in [6.45, 7) is 8.02. The Morgan fingerprint density at radius 3 is 2.25 bits per heavy atom. The Morgan fingerprint density at radius 2 is 1.94 bits per heavy atom. The molecule has 0 fully saturated rings. The lowest BCUT2D eigenvalue weighted by Crippen LogP contribution is -2.25. The van der Waals surface area contributed by atoms with Gasteiger partial charge in [-0.1, -0.05) is 25.2 Å². The molecule has 0 saturated carbocycles. The molecule has 0 aromatic carbocycles. The fraction of sp³-hybridized carbons (Fsp3) is 0.636. The number of carbonyl (C=O) groups is 1. The molecule has 1 heterocycles. The van der Waals surface area contributed by atoms with Crippen molar-refractivity contribution >= 4 is 22.4 Å². The van der Waals surface area contributed by atoms with Crippen molar-refractivity contribution in [1.29, 1.82) is 0 Å². The average molecular weight is 242 g/mol. The van der Waals surface area contributed by atoms with E-state index in [1.165, 1.54) is 11.3 Å². The van der Waals surface area contributed by atoms with Gasteiger partial charge in [0.05, 0.1) is 5.69 Å². The first-order chi connectivity index (χ1) is 7.34. The number of carboxylic acids is 1. The quantitative estimate of drug-likeness (QED) is 0.882. The Balaban J connectivity index is 3.16. The van der Waals surface area contributed by atoms with Crippen molar-refractivity contribution in [3.8, 4) is 0 Å². The highest BCUT2D eigenvalue weighted by Gasteiger charge is 2.21. The van der Waals surface area contributed by atoms with Crippen molar-refractivity contribution in [3.05, 3.63) is 10.6 Å². The van der Waals surface area contributed by atoms with Gasteiger partial charge in [-0.2, -0.15) is 0 Å². The number of aromatic carboxylic acids is 1. The molecule has 0 bridgehead atoms. The molecule has 0 radical (unpaired) electrons. The van der Waals surface area contributed by atoms with Gasteiger partial charge in [0.2, 0.25) is 0 Å². The molecule has 0 saturated heterocycles. The van der Waals surface area contributed by atoms with E-state index in [9.17, 15) is 4.79 Å². The molecule has 4 nitrogen and oxygen atoms in total. The molecule has 1 N–H and O–H groups in total. The van der Waals surface area contributed by atoms with E-state index in [0.717, 1.165) is 5.13 Å². The van der Waals surface area contributed by atoms with E-state index in [2.05, 4.69) is 18.8 Å². The Bertz CT molecular complexity index is 385. The summed E-state index contributed by atoms with van der Waals surface area (Å²) >= 11 is 1.25. The summed E-state index contributed by atoms with van der Waals surface area (Å²) in [5.74, 6) is -0.749. The molecule has 1 aromatic rings. The third-order valence-electron chi connectivity index (χ3n) is 2.46. The summed E-state index contributed by atoms with van der Waals surface area (Å²) in [6.07, 6.45) is 0. The molecule has 1 rings (SSSR count). The number of hydrogen-bond donors (Lipinski definition) is 1. The number of thiazole rings is 1. The summed E-state index contributed by atoms with van der Waals surface area (Å²) in [7, 11) is 1.93. The SMILES string of the molecule is CC(C)c1nc(N(C)C(C)C)sc1C(=O)O. The second-order valence-corrected chi connectivity index (χ2v) is 5.35. The Hall–Kier alpha value is -1.10. The van der Waals surface area contributed by atoms with Crippen LogP contribution in [0.2, 0.25) is 0 Å². The Kier molecular flexibility index (Phi) is 3.91. The van der Waals surface area contributed by atoms with Gasteiger partial charge >= 0.3 is 5.97 Å². The van der Waals surface area contributed by atoms with Crippen LogP contribution in [0.1, 0.15) is 49.0 Å². The van der Waals surface area contributed by atoms with E-state index in [-0.39, 0.29) is 5.92 Å². The zero-order chi connectivity index (χ0) is 12.5. The predicted octanol–water partition coefficient (Wildman–Crippen LogP) is 2.81. The third-order valence-corrected chi connectivity index (χ3v) is 3.61. The zero-order valence-electron chi connectivity index (χ0n) is 10.3. The lowest BCUT2D eigenvalue weighted by molar-refractivity contribution is 0.0700. The molecular weight excluding hydrogens is 224 g/mol. The molecular formula is C11H18N2O2S. The average Bonchev–Trinajstić information content (AvgIpc) is 2.60. The molecule has 0 unspecified atom stereocenters. The minimum atomic E-state index is -0.885. The molecule has 0 aliphatic rings. The van der Waals surface area contributed by atoms with Crippen LogP contribution in [0.15, 0.2) is 0 Å². The molecule has 0 aliphatic carbocycles. The number of rotatable bonds is 4. The van der Waals surface area contributed by atoms with Crippen LogP contribution < -0.4 is 4.90 Å². The summed E-state index contributed by atoms with van der Waals surface area (Å²) in [5, 5.41) is 9.87. The van der Waals surface area contributed by atoms with E-state index >= 15 is 0 Å². The van der Waals surface area contributed by atoms with Gasteiger partial charge in [-0.05, 0) is 19.8 Å². The second kappa shape index (κ2) is 4.82. The Morgan fingerprint density at radius 1 is 1.38 bits per heavy atom. The highest BCUT2D eigenvalue weighted by atomic mass is 32.1. The van der Waals surface area contributed by atoms with Crippen molar-refractivity contribution in [2.45, 2.75) is 39.7 Å². The highest BCUT2D eigenvalue weighted by molar-refractivity contribution is 7.17. The summed E-state index contributed by atoms with van der Waals surface area (Å²) < 4.78 is 0. The van der Waals surface area contributed by atoms with Crippen LogP contribution in [0.3, 0.4) is 0 Å². The second-order valence-electron chi connectivity index (χ2n) is 4.38. The monoisotopic (exact) mass is 242 g/mol. The first kappa shape index (κ1) is 13.0. The molecule has 0 atom stereocenters. The summed E-state index contributed by atoms with van der Waals surface area (Å²) in [4.78, 5) is 17.8. The van der Waals surface area contributed by atoms with Crippen LogP contribution >= 0.6 is 11.3 Å². The lowest BCUT2D eigenvalue weighted by Gasteiger charge is -2.19. The predicted molar refractivity (Wildman–Crippen MR) is 66.7 cm³/mol. The molecule has 0 spiro atoms. The number of hydrogen-bond acceptors (Lipinski definition) is 4. The van der Waals surface area contributed by atoms with Gasteiger partial charge in [-0.25, -0.2) is 9.78 Å². The largest absolute Gasteiger partial charge is 0.477 e. The number of carboxylic acid groups (broad SMARTS) is 1. The van der Waals surface area contributed by atoms with Crippen LogP contribution in [0.4, 0.5) is 5.13 Å². The van der Waals surface area contributed by atoms with Crippen molar-refractivity contribution in [2.24, 2.45) is 0 Å². The molecule has 5 heteroatoms. The number of nitrogens with zero attached hydrogens (tertiary/aromatic N) is 2. The van der Waals surface area contributed by atoms with Gasteiger partial charge in [0.1, 0.15) is 4.88 Å². The van der Waals surface area contributed by atoms with Gasteiger partial charge < -0.3 is 10.0 Å². The standard InChI is InChI=1S/C11H18N2O2S/c1-6(2)8-9(10(14)15)16-11(12-8)13(5)7(3)4/h6-7H,1-5H3,(H,14,15). The fourth-order valence-corrected chi connectivity index (χ4v) is 2.39. The number of anilines is 1. The van der Waals surface area contributed by atoms with Gasteiger partial charge in [-0.15, -0.1) is 0 Å². The van der Waals surface area contributed by atoms with E-state index < -0.39 is 5.97 Å². The highest BCUT2D eigenvalue weighted by Crippen LogP contribution is 2.30. The summed E-state index contributed by atoms with van der Waals surface area (Å²) in [6, 6.07) is 0.313. The van der Waals surface area contributed by atoms with E-state index in [1.807, 2.05) is 25.8 Å². The topological polar surface area (TPSA) is 53.4 Å². The molecule has 90 valence electrons. The third kappa shape index (κ3) is 2.52. The van der Waals surface area contributed by atoms with Crippen LogP contribution in [-0.4, -0.2) is 29.1 Å². The maximum absolute atomic E-state index is 11.1. The minimum Gasteiger partial charge on any atom is -0.477 e. The van der Waals surface area contributed by atoms with Crippen LogP contribution in [-0.2, 0) is 0 Å². The Labute approximate surface area is 99.9 Å². The maximum Gasteiger partial charge on any atom is 0.347 e. The van der Waals surface area contributed by atoms with Crippen molar-refractivity contribution in [2.75, 3.05) is 11.9 Å². The molecule has 0 aliphatic heterocycles. The minimum absolute atomic E-state index is 0.136. The van der Waals surface area contributed by atoms with E-state index in [4.69, 9.17) is 5.11 Å². The maximum atomic E-state index is 11.1. The van der Waals surface area contributed by atoms with Gasteiger partial charge in [0, 0.05) is 13.1 Å².